The van der Waals surface area contributed by atoms with Crippen LogP contribution in [0.1, 0.15) is 55.4 Å². The lowest BCUT2D eigenvalue weighted by Crippen LogP contribution is -2.55. The molecule has 3 heteroatoms. The van der Waals surface area contributed by atoms with E-state index in [0.29, 0.717) is 5.54 Å². The third kappa shape index (κ3) is 1.77. The Kier molecular flexibility index (Phi) is 3.39. The Morgan fingerprint density at radius 1 is 0.938 bits per heavy atom. The van der Waals surface area contributed by atoms with Crippen LogP contribution in [0.5, 0.6) is 0 Å². The highest BCUT2D eigenvalue weighted by Crippen LogP contribution is 2.62. The van der Waals surface area contributed by atoms with E-state index in [9.17, 15) is 5.11 Å². The fraction of sp³-hybridized carbons (Fsp3) is 1.00. The summed E-state index contributed by atoms with van der Waals surface area (Å²) >= 11 is 0. The minimum absolute atomic E-state index is 0.149. The second-order valence-electron chi connectivity index (χ2n) is 7.39. The van der Waals surface area contributed by atoms with Crippen molar-refractivity contribution in [2.75, 3.05) is 0 Å². The van der Waals surface area contributed by atoms with E-state index in [0.717, 1.165) is 0 Å². The third-order valence-corrected chi connectivity index (χ3v) is 11.3. The van der Waals surface area contributed by atoms with Crippen LogP contribution in [0.4, 0.5) is 0 Å². The maximum absolute atomic E-state index is 10.0. The topological polar surface area (TPSA) is 29.5 Å². The van der Waals surface area contributed by atoms with Gasteiger partial charge in [0.05, 0.1) is 0 Å². The van der Waals surface area contributed by atoms with Crippen LogP contribution in [0.25, 0.3) is 0 Å². The summed E-state index contributed by atoms with van der Waals surface area (Å²) in [6, 6.07) is 0. The summed E-state index contributed by atoms with van der Waals surface area (Å²) in [6.45, 7) is 18.0. The van der Waals surface area contributed by atoms with Gasteiger partial charge in [-0.1, -0.05) is 55.4 Å². The first-order valence-electron chi connectivity index (χ1n) is 6.31. The highest BCUT2D eigenvalue weighted by Gasteiger charge is 2.64. The summed E-state index contributed by atoms with van der Waals surface area (Å²) in [5, 5.41) is 10.3. The van der Waals surface area contributed by atoms with Gasteiger partial charge in [0.25, 0.3) is 0 Å². The molecule has 0 spiro atoms. The van der Waals surface area contributed by atoms with Crippen LogP contribution in [0, 0.1) is 5.92 Å². The third-order valence-electron chi connectivity index (χ3n) is 4.41. The molecule has 1 fully saturated rings. The molecular formula is C13H28O2Si. The van der Waals surface area contributed by atoms with Crippen molar-refractivity contribution in [1.29, 1.82) is 0 Å². The molecule has 1 heterocycles. The van der Waals surface area contributed by atoms with Crippen molar-refractivity contribution in [2.45, 2.75) is 77.3 Å². The minimum Gasteiger partial charge on any atom is -0.391 e. The SMILES string of the molecule is C[C@@H]1[C@@H](C)C(O)O[Si]1(C(C)(C)C)C(C)(C)C. The minimum atomic E-state index is -2.02. The molecule has 1 saturated heterocycles. The number of aliphatic hydroxyl groups excluding tert-OH is 1. The van der Waals surface area contributed by atoms with E-state index in [1.54, 1.807) is 0 Å². The molecule has 0 radical (unpaired) electrons. The summed E-state index contributed by atoms with van der Waals surface area (Å²) in [5.41, 5.74) is 0.488. The molecule has 0 aliphatic carbocycles. The molecule has 0 bridgehead atoms. The van der Waals surface area contributed by atoms with Crippen molar-refractivity contribution in [3.63, 3.8) is 0 Å². The van der Waals surface area contributed by atoms with E-state index < -0.39 is 14.6 Å². The largest absolute Gasteiger partial charge is 0.391 e. The van der Waals surface area contributed by atoms with Crippen molar-refractivity contribution in [3.8, 4) is 0 Å². The van der Waals surface area contributed by atoms with Gasteiger partial charge < -0.3 is 9.53 Å². The van der Waals surface area contributed by atoms with Crippen LogP contribution < -0.4 is 0 Å². The Hall–Kier alpha value is 0.137. The first kappa shape index (κ1) is 14.2. The van der Waals surface area contributed by atoms with Gasteiger partial charge in [0.15, 0.2) is 0 Å². The lowest BCUT2D eigenvalue weighted by Gasteiger charge is -2.50. The fourth-order valence-electron chi connectivity index (χ4n) is 3.87. The predicted molar refractivity (Wildman–Crippen MR) is 70.9 cm³/mol. The van der Waals surface area contributed by atoms with Crippen molar-refractivity contribution in [3.05, 3.63) is 0 Å². The number of rotatable bonds is 0. The van der Waals surface area contributed by atoms with Gasteiger partial charge in [-0.15, -0.1) is 0 Å². The lowest BCUT2D eigenvalue weighted by molar-refractivity contribution is -0.0414. The molecule has 3 atom stereocenters. The van der Waals surface area contributed by atoms with Gasteiger partial charge in [-0.05, 0) is 15.6 Å². The Bertz CT molecular complexity index is 248. The Labute approximate surface area is 102 Å². The normalized spacial score (nSPS) is 35.4. The summed E-state index contributed by atoms with van der Waals surface area (Å²) < 4.78 is 6.20. The van der Waals surface area contributed by atoms with Gasteiger partial charge in [-0.3, -0.25) is 0 Å². The van der Waals surface area contributed by atoms with Crippen molar-refractivity contribution >= 4 is 8.32 Å². The van der Waals surface area contributed by atoms with E-state index >= 15 is 0 Å². The Morgan fingerprint density at radius 3 is 1.44 bits per heavy atom. The molecule has 1 rings (SSSR count). The van der Waals surface area contributed by atoms with Gasteiger partial charge in [0, 0.05) is 5.92 Å². The van der Waals surface area contributed by atoms with Gasteiger partial charge in [-0.2, -0.15) is 0 Å². The van der Waals surface area contributed by atoms with E-state index in [4.69, 9.17) is 4.43 Å². The molecule has 0 amide bonds. The monoisotopic (exact) mass is 244 g/mol. The summed E-state index contributed by atoms with van der Waals surface area (Å²) in [4.78, 5) is 0. The molecule has 1 aliphatic rings. The number of hydrogen-bond acceptors (Lipinski definition) is 2. The molecule has 2 nitrogen and oxygen atoms in total. The summed E-state index contributed by atoms with van der Waals surface area (Å²) in [5.74, 6) is 0.255. The van der Waals surface area contributed by atoms with Crippen LogP contribution in [-0.4, -0.2) is 19.7 Å². The molecule has 96 valence electrons. The highest BCUT2D eigenvalue weighted by molar-refractivity contribution is 6.81. The second-order valence-corrected chi connectivity index (χ2v) is 13.0. The smallest absolute Gasteiger partial charge is 0.210 e. The zero-order chi connectivity index (χ0) is 12.9. The molecule has 16 heavy (non-hydrogen) atoms. The second kappa shape index (κ2) is 3.82. The van der Waals surface area contributed by atoms with Crippen molar-refractivity contribution in [1.82, 2.24) is 0 Å². The maximum Gasteiger partial charge on any atom is 0.210 e. The van der Waals surface area contributed by atoms with Gasteiger partial charge in [0.2, 0.25) is 8.32 Å². The molecule has 0 aromatic carbocycles. The molecule has 1 N–H and O–H groups in total. The zero-order valence-corrected chi connectivity index (χ0v) is 13.1. The zero-order valence-electron chi connectivity index (χ0n) is 12.1. The quantitative estimate of drug-likeness (QED) is 0.655. The van der Waals surface area contributed by atoms with Crippen LogP contribution in [0.15, 0.2) is 0 Å². The van der Waals surface area contributed by atoms with Crippen LogP contribution in [-0.2, 0) is 4.43 Å². The maximum atomic E-state index is 10.0. The first-order valence-corrected chi connectivity index (χ1v) is 8.29. The van der Waals surface area contributed by atoms with E-state index in [-0.39, 0.29) is 16.0 Å². The molecule has 0 aromatic rings. The average molecular weight is 244 g/mol. The fourth-order valence-corrected chi connectivity index (χ4v) is 11.3. The molecule has 1 aliphatic heterocycles. The lowest BCUT2D eigenvalue weighted by atomic mass is 10.1. The van der Waals surface area contributed by atoms with E-state index in [1.165, 1.54) is 0 Å². The van der Waals surface area contributed by atoms with Crippen molar-refractivity contribution in [2.24, 2.45) is 5.92 Å². The Morgan fingerprint density at radius 2 is 1.31 bits per heavy atom. The molecule has 1 unspecified atom stereocenters. The number of hydrogen-bond donors (Lipinski definition) is 1. The number of aliphatic hydroxyl groups is 1. The standard InChI is InChI=1S/C13H28O2Si/c1-9-10(2)16(12(3,4)5,13(6,7)8)15-11(9)14/h9-11,14H,1-8H3/t9-,10-,11?/m1/s1. The van der Waals surface area contributed by atoms with Gasteiger partial charge in [-0.25, -0.2) is 0 Å². The Balaban J connectivity index is 3.29. The van der Waals surface area contributed by atoms with Gasteiger partial charge >= 0.3 is 0 Å². The van der Waals surface area contributed by atoms with Crippen LogP contribution in [0.2, 0.25) is 15.6 Å². The van der Waals surface area contributed by atoms with Crippen molar-refractivity contribution < 1.29 is 9.53 Å². The highest BCUT2D eigenvalue weighted by atomic mass is 28.4. The first-order chi connectivity index (χ1) is 6.95. The van der Waals surface area contributed by atoms with Crippen LogP contribution >= 0.6 is 0 Å². The molecule has 0 saturated carbocycles. The van der Waals surface area contributed by atoms with Gasteiger partial charge in [0.1, 0.15) is 6.29 Å². The van der Waals surface area contributed by atoms with E-state index in [1.807, 2.05) is 0 Å². The average Bonchev–Trinajstić information content (AvgIpc) is 2.27. The van der Waals surface area contributed by atoms with E-state index in [2.05, 4.69) is 55.4 Å². The van der Waals surface area contributed by atoms with Crippen LogP contribution in [0.3, 0.4) is 0 Å². The summed E-state index contributed by atoms with van der Waals surface area (Å²) in [7, 11) is -2.02. The molecular weight excluding hydrogens is 216 g/mol. The predicted octanol–water partition coefficient (Wildman–Crippen LogP) is 3.91. The molecule has 0 aromatic heterocycles. The summed E-state index contributed by atoms with van der Waals surface area (Å²) in [6.07, 6.45) is -0.569.